The average Bonchev–Trinajstić information content (AvgIpc) is 2.38. The average molecular weight is 272 g/mol. The van der Waals surface area contributed by atoms with Crippen LogP contribution in [0.2, 0.25) is 0 Å². The SMILES string of the molecule is CC(=O)c1c(O)ccc2c1oc(=O)c1cc(F)ccc12. The Morgan fingerprint density at radius 2 is 1.85 bits per heavy atom. The topological polar surface area (TPSA) is 67.5 Å². The molecule has 100 valence electrons. The van der Waals surface area contributed by atoms with Gasteiger partial charge in [0.05, 0.1) is 5.39 Å². The van der Waals surface area contributed by atoms with Crippen LogP contribution < -0.4 is 5.63 Å². The smallest absolute Gasteiger partial charge is 0.344 e. The van der Waals surface area contributed by atoms with E-state index in [-0.39, 0.29) is 22.3 Å². The van der Waals surface area contributed by atoms with Gasteiger partial charge in [-0.2, -0.15) is 0 Å². The van der Waals surface area contributed by atoms with Gasteiger partial charge in [0.15, 0.2) is 11.4 Å². The highest BCUT2D eigenvalue weighted by molar-refractivity contribution is 6.13. The number of ketones is 1. The molecule has 0 saturated carbocycles. The van der Waals surface area contributed by atoms with Gasteiger partial charge in [-0.25, -0.2) is 9.18 Å². The fourth-order valence-corrected chi connectivity index (χ4v) is 2.30. The first-order valence-electron chi connectivity index (χ1n) is 5.88. The summed E-state index contributed by atoms with van der Waals surface area (Å²) in [5.74, 6) is -1.22. The molecule has 0 aliphatic rings. The predicted octanol–water partition coefficient (Wildman–Crippen LogP) is 2.99. The number of halogens is 1. The van der Waals surface area contributed by atoms with Crippen molar-refractivity contribution in [3.05, 3.63) is 52.1 Å². The van der Waals surface area contributed by atoms with Crippen molar-refractivity contribution in [2.24, 2.45) is 0 Å². The lowest BCUT2D eigenvalue weighted by Crippen LogP contribution is -2.03. The van der Waals surface area contributed by atoms with Crippen LogP contribution in [0.4, 0.5) is 4.39 Å². The third-order valence-corrected chi connectivity index (χ3v) is 3.17. The number of hydrogen-bond donors (Lipinski definition) is 1. The van der Waals surface area contributed by atoms with Gasteiger partial charge < -0.3 is 9.52 Å². The first kappa shape index (κ1) is 12.3. The quantitative estimate of drug-likeness (QED) is 0.420. The maximum Gasteiger partial charge on any atom is 0.344 e. The van der Waals surface area contributed by atoms with E-state index in [0.717, 1.165) is 6.07 Å². The molecule has 4 nitrogen and oxygen atoms in total. The first-order valence-corrected chi connectivity index (χ1v) is 5.88. The molecule has 0 bridgehead atoms. The molecule has 0 atom stereocenters. The number of phenolic OH excluding ortho intramolecular Hbond substituents is 1. The lowest BCUT2D eigenvalue weighted by molar-refractivity contribution is 0.101. The van der Waals surface area contributed by atoms with Crippen LogP contribution >= 0.6 is 0 Å². The Balaban J connectivity index is 2.61. The van der Waals surface area contributed by atoms with Crippen LogP contribution in [0.5, 0.6) is 5.75 Å². The molecule has 0 radical (unpaired) electrons. The number of rotatable bonds is 1. The monoisotopic (exact) mass is 272 g/mol. The molecule has 0 fully saturated rings. The zero-order valence-electron chi connectivity index (χ0n) is 10.4. The standard InChI is InChI=1S/C15H9FO4/c1-7(17)13-12(18)5-4-10-9-3-2-8(16)6-11(9)15(19)20-14(10)13/h2-6,18H,1H3. The first-order chi connectivity index (χ1) is 9.49. The van der Waals surface area contributed by atoms with Crippen molar-refractivity contribution in [1.82, 2.24) is 0 Å². The van der Waals surface area contributed by atoms with Gasteiger partial charge in [0, 0.05) is 10.8 Å². The minimum Gasteiger partial charge on any atom is -0.507 e. The van der Waals surface area contributed by atoms with Crippen molar-refractivity contribution in [2.75, 3.05) is 0 Å². The largest absolute Gasteiger partial charge is 0.507 e. The van der Waals surface area contributed by atoms with E-state index in [1.807, 2.05) is 0 Å². The molecular weight excluding hydrogens is 263 g/mol. The summed E-state index contributed by atoms with van der Waals surface area (Å²) in [6.07, 6.45) is 0. The van der Waals surface area contributed by atoms with E-state index in [2.05, 4.69) is 0 Å². The summed E-state index contributed by atoms with van der Waals surface area (Å²) in [6, 6.07) is 6.63. The maximum atomic E-state index is 13.2. The van der Waals surface area contributed by atoms with E-state index in [9.17, 15) is 19.1 Å². The van der Waals surface area contributed by atoms with Crippen LogP contribution in [0.1, 0.15) is 17.3 Å². The van der Waals surface area contributed by atoms with Gasteiger partial charge in [0.2, 0.25) is 0 Å². The van der Waals surface area contributed by atoms with Gasteiger partial charge in [-0.15, -0.1) is 0 Å². The van der Waals surface area contributed by atoms with Crippen molar-refractivity contribution < 1.29 is 18.7 Å². The van der Waals surface area contributed by atoms with Gasteiger partial charge in [0.25, 0.3) is 0 Å². The summed E-state index contributed by atoms with van der Waals surface area (Å²) in [5, 5.41) is 10.8. The maximum absolute atomic E-state index is 13.2. The molecule has 20 heavy (non-hydrogen) atoms. The Morgan fingerprint density at radius 3 is 2.55 bits per heavy atom. The normalized spacial score (nSPS) is 11.1. The molecule has 0 saturated heterocycles. The van der Waals surface area contributed by atoms with Crippen LogP contribution in [0, 0.1) is 5.82 Å². The number of fused-ring (bicyclic) bond motifs is 3. The highest BCUT2D eigenvalue weighted by Gasteiger charge is 2.17. The third kappa shape index (κ3) is 1.67. The summed E-state index contributed by atoms with van der Waals surface area (Å²) >= 11 is 0. The van der Waals surface area contributed by atoms with Crippen LogP contribution in [0.15, 0.2) is 39.5 Å². The molecule has 2 aromatic carbocycles. The number of Topliss-reactive ketones (excluding diaryl/α,β-unsaturated/α-hetero) is 1. The molecule has 1 aromatic heterocycles. The molecule has 5 heteroatoms. The summed E-state index contributed by atoms with van der Waals surface area (Å²) in [4.78, 5) is 23.5. The van der Waals surface area contributed by atoms with Crippen LogP contribution in [0.25, 0.3) is 21.7 Å². The van der Waals surface area contributed by atoms with Gasteiger partial charge in [-0.05, 0) is 31.2 Å². The minimum atomic E-state index is -0.750. The van der Waals surface area contributed by atoms with Crippen LogP contribution in [0.3, 0.4) is 0 Å². The number of hydrogen-bond acceptors (Lipinski definition) is 4. The molecular formula is C15H9FO4. The highest BCUT2D eigenvalue weighted by atomic mass is 19.1. The molecule has 0 unspecified atom stereocenters. The van der Waals surface area contributed by atoms with E-state index >= 15 is 0 Å². The van der Waals surface area contributed by atoms with E-state index in [1.165, 1.54) is 31.2 Å². The molecule has 1 N–H and O–H groups in total. The Kier molecular flexibility index (Phi) is 2.57. The van der Waals surface area contributed by atoms with Crippen molar-refractivity contribution in [3.63, 3.8) is 0 Å². The molecule has 0 amide bonds. The van der Waals surface area contributed by atoms with Gasteiger partial charge >= 0.3 is 5.63 Å². The van der Waals surface area contributed by atoms with Crippen molar-refractivity contribution >= 4 is 27.5 Å². The molecule has 3 rings (SSSR count). The lowest BCUT2D eigenvalue weighted by atomic mass is 10.0. The van der Waals surface area contributed by atoms with E-state index in [0.29, 0.717) is 10.8 Å². The Morgan fingerprint density at radius 1 is 1.15 bits per heavy atom. The molecule has 3 aromatic rings. The van der Waals surface area contributed by atoms with Crippen LogP contribution in [-0.4, -0.2) is 10.9 Å². The number of benzene rings is 2. The predicted molar refractivity (Wildman–Crippen MR) is 71.6 cm³/mol. The second-order valence-electron chi connectivity index (χ2n) is 4.47. The molecule has 0 aliphatic carbocycles. The number of phenols is 1. The second kappa shape index (κ2) is 4.16. The van der Waals surface area contributed by atoms with E-state index in [1.54, 1.807) is 0 Å². The summed E-state index contributed by atoms with van der Waals surface area (Å²) < 4.78 is 18.3. The number of carbonyl (C=O) groups excluding carboxylic acids is 1. The Labute approximate surface area is 112 Å². The lowest BCUT2D eigenvalue weighted by Gasteiger charge is -2.07. The van der Waals surface area contributed by atoms with E-state index < -0.39 is 17.2 Å². The number of aromatic hydroxyl groups is 1. The fourth-order valence-electron chi connectivity index (χ4n) is 2.30. The third-order valence-electron chi connectivity index (χ3n) is 3.17. The Hall–Kier alpha value is -2.69. The summed E-state index contributed by atoms with van der Waals surface area (Å²) in [7, 11) is 0. The van der Waals surface area contributed by atoms with E-state index in [4.69, 9.17) is 4.42 Å². The fraction of sp³-hybridized carbons (Fsp3) is 0.0667. The van der Waals surface area contributed by atoms with Gasteiger partial charge in [0.1, 0.15) is 17.1 Å². The zero-order valence-corrected chi connectivity index (χ0v) is 10.4. The van der Waals surface area contributed by atoms with Gasteiger partial charge in [-0.1, -0.05) is 6.07 Å². The molecule has 1 heterocycles. The van der Waals surface area contributed by atoms with Crippen molar-refractivity contribution in [1.29, 1.82) is 0 Å². The second-order valence-corrected chi connectivity index (χ2v) is 4.47. The van der Waals surface area contributed by atoms with Crippen molar-refractivity contribution in [2.45, 2.75) is 6.92 Å². The molecule has 0 aliphatic heterocycles. The highest BCUT2D eigenvalue weighted by Crippen LogP contribution is 2.31. The summed E-state index contributed by atoms with van der Waals surface area (Å²) in [5.41, 5.74) is -0.785. The summed E-state index contributed by atoms with van der Waals surface area (Å²) in [6.45, 7) is 1.27. The minimum absolute atomic E-state index is 0.0154. The number of carbonyl (C=O) groups is 1. The molecule has 0 spiro atoms. The van der Waals surface area contributed by atoms with Crippen LogP contribution in [-0.2, 0) is 0 Å². The van der Waals surface area contributed by atoms with Gasteiger partial charge in [-0.3, -0.25) is 4.79 Å². The zero-order chi connectivity index (χ0) is 14.4. The Bertz CT molecular complexity index is 924. The van der Waals surface area contributed by atoms with Crippen molar-refractivity contribution in [3.8, 4) is 5.75 Å².